The number of hydrogen-bond donors (Lipinski definition) is 2. The predicted octanol–water partition coefficient (Wildman–Crippen LogP) is 0.652. The van der Waals surface area contributed by atoms with E-state index in [0.717, 1.165) is 0 Å². The van der Waals surface area contributed by atoms with Crippen LogP contribution in [0.1, 0.15) is 42.3 Å². The van der Waals surface area contributed by atoms with Gasteiger partial charge >= 0.3 is 0 Å². The number of carbonyl (C=O) groups is 2. The summed E-state index contributed by atoms with van der Waals surface area (Å²) in [5.41, 5.74) is 6.38. The molecule has 2 unspecified atom stereocenters. The molecule has 9 nitrogen and oxygen atoms in total. The molecule has 0 aliphatic heterocycles. The molecule has 1 aromatic heterocycles. The summed E-state index contributed by atoms with van der Waals surface area (Å²) < 4.78 is 29.5. The quantitative estimate of drug-likeness (QED) is 0.545. The normalized spacial score (nSPS) is 13.7. The Morgan fingerprint density at radius 3 is 2.46 bits per heavy atom. The Morgan fingerprint density at radius 1 is 1.21 bits per heavy atom. The minimum atomic E-state index is -3.61. The molecule has 1 amide bonds. The van der Waals surface area contributed by atoms with Crippen molar-refractivity contribution in [2.24, 2.45) is 5.73 Å². The number of nitrogens with two attached hydrogens (primary N) is 1. The van der Waals surface area contributed by atoms with Gasteiger partial charge in [0.05, 0.1) is 23.6 Å². The predicted molar refractivity (Wildman–Crippen MR) is 102 cm³/mol. The molecule has 0 spiro atoms. The molecule has 1 aromatic carbocycles. The third-order valence-electron chi connectivity index (χ3n) is 4.04. The molecule has 152 valence electrons. The van der Waals surface area contributed by atoms with E-state index in [1.54, 1.807) is 37.3 Å². The number of nitrogens with one attached hydrogen (secondary N) is 1. The number of aryl methyl sites for hydroxylation is 1. The molecule has 2 atom stereocenters. The SMILES string of the molecule is CCc1noc(C(=O)C(CC)NC(=O)C(N)CS(=O)(=O)Cc2ccccc2)n1. The zero-order valence-corrected chi connectivity index (χ0v) is 16.6. The number of sulfone groups is 1. The Hall–Kier alpha value is -2.59. The molecule has 0 aliphatic carbocycles. The van der Waals surface area contributed by atoms with Crippen molar-refractivity contribution in [2.45, 2.75) is 44.5 Å². The van der Waals surface area contributed by atoms with Crippen LogP contribution in [-0.2, 0) is 26.8 Å². The van der Waals surface area contributed by atoms with Crippen LogP contribution in [0.4, 0.5) is 0 Å². The summed E-state index contributed by atoms with van der Waals surface area (Å²) in [5.74, 6) is -1.83. The van der Waals surface area contributed by atoms with Gasteiger partial charge in [-0.3, -0.25) is 9.59 Å². The topological polar surface area (TPSA) is 145 Å². The average molecular weight is 408 g/mol. The second-order valence-corrected chi connectivity index (χ2v) is 8.46. The maximum atomic E-state index is 12.4. The summed E-state index contributed by atoms with van der Waals surface area (Å²) in [7, 11) is -3.61. The van der Waals surface area contributed by atoms with Gasteiger partial charge < -0.3 is 15.6 Å². The lowest BCUT2D eigenvalue weighted by atomic mass is 10.1. The number of Topliss-reactive ketones (excluding diaryl/α,β-unsaturated/α-hetero) is 1. The van der Waals surface area contributed by atoms with Crippen molar-refractivity contribution in [1.82, 2.24) is 15.5 Å². The molecule has 3 N–H and O–H groups in total. The number of carbonyl (C=O) groups excluding carboxylic acids is 2. The van der Waals surface area contributed by atoms with E-state index >= 15 is 0 Å². The minimum Gasteiger partial charge on any atom is -0.344 e. The van der Waals surface area contributed by atoms with Crippen molar-refractivity contribution >= 4 is 21.5 Å². The van der Waals surface area contributed by atoms with Crippen LogP contribution in [0.25, 0.3) is 0 Å². The van der Waals surface area contributed by atoms with Crippen LogP contribution in [0.3, 0.4) is 0 Å². The molecule has 0 bridgehead atoms. The van der Waals surface area contributed by atoms with E-state index in [4.69, 9.17) is 10.3 Å². The van der Waals surface area contributed by atoms with Gasteiger partial charge in [0.2, 0.25) is 11.7 Å². The Bertz CT molecular complexity index is 911. The first-order valence-corrected chi connectivity index (χ1v) is 10.7. The Balaban J connectivity index is 1.98. The molecular formula is C18H24N4O5S. The smallest absolute Gasteiger partial charge is 0.296 e. The lowest BCUT2D eigenvalue weighted by molar-refractivity contribution is -0.122. The molecule has 1 heterocycles. The lowest BCUT2D eigenvalue weighted by Gasteiger charge is -2.17. The largest absolute Gasteiger partial charge is 0.344 e. The number of rotatable bonds is 10. The van der Waals surface area contributed by atoms with Crippen LogP contribution in [0.2, 0.25) is 0 Å². The van der Waals surface area contributed by atoms with Crippen LogP contribution in [0, 0.1) is 0 Å². The van der Waals surface area contributed by atoms with Crippen LogP contribution in [-0.4, -0.2) is 48.1 Å². The second kappa shape index (κ2) is 9.56. The number of ketones is 1. The molecule has 28 heavy (non-hydrogen) atoms. The third-order valence-corrected chi connectivity index (χ3v) is 5.68. The van der Waals surface area contributed by atoms with Crippen LogP contribution in [0.15, 0.2) is 34.9 Å². The lowest BCUT2D eigenvalue weighted by Crippen LogP contribution is -2.50. The fourth-order valence-corrected chi connectivity index (χ4v) is 4.03. The molecule has 10 heteroatoms. The van der Waals surface area contributed by atoms with Gasteiger partial charge in [0.15, 0.2) is 15.7 Å². The molecular weight excluding hydrogens is 384 g/mol. The van der Waals surface area contributed by atoms with E-state index in [1.165, 1.54) is 0 Å². The first-order valence-electron chi connectivity index (χ1n) is 8.92. The van der Waals surface area contributed by atoms with Gasteiger partial charge in [-0.05, 0) is 12.0 Å². The zero-order chi connectivity index (χ0) is 20.7. The van der Waals surface area contributed by atoms with Crippen molar-refractivity contribution in [3.05, 3.63) is 47.6 Å². The fourth-order valence-electron chi connectivity index (χ4n) is 2.51. The summed E-state index contributed by atoms with van der Waals surface area (Å²) in [6.45, 7) is 3.50. The van der Waals surface area contributed by atoms with Crippen LogP contribution >= 0.6 is 0 Å². The van der Waals surface area contributed by atoms with Crippen molar-refractivity contribution in [3.63, 3.8) is 0 Å². The third kappa shape index (κ3) is 5.96. The Morgan fingerprint density at radius 2 is 1.89 bits per heavy atom. The number of amides is 1. The standard InChI is InChI=1S/C18H24N4O5S/c1-3-14(16(23)18-21-15(4-2)22-27-18)20-17(24)13(19)11-28(25,26)10-12-8-6-5-7-9-12/h5-9,13-14H,3-4,10-11,19H2,1-2H3,(H,20,24). The highest BCUT2D eigenvalue weighted by Gasteiger charge is 2.29. The van der Waals surface area contributed by atoms with Crippen molar-refractivity contribution in [1.29, 1.82) is 0 Å². The van der Waals surface area contributed by atoms with E-state index in [2.05, 4.69) is 15.5 Å². The summed E-state index contributed by atoms with van der Waals surface area (Å²) in [6, 6.07) is 6.38. The average Bonchev–Trinajstić information content (AvgIpc) is 3.14. The minimum absolute atomic E-state index is 0.200. The molecule has 0 aliphatic rings. The second-order valence-electron chi connectivity index (χ2n) is 6.35. The molecule has 2 aromatic rings. The summed E-state index contributed by atoms with van der Waals surface area (Å²) in [4.78, 5) is 28.7. The first kappa shape index (κ1) is 21.7. The van der Waals surface area contributed by atoms with E-state index < -0.39 is 39.4 Å². The molecule has 2 rings (SSSR count). The van der Waals surface area contributed by atoms with Gasteiger partial charge in [0, 0.05) is 6.42 Å². The molecule has 0 saturated heterocycles. The van der Waals surface area contributed by atoms with E-state index in [1.807, 2.05) is 6.92 Å². The zero-order valence-electron chi connectivity index (χ0n) is 15.8. The maximum absolute atomic E-state index is 12.4. The summed E-state index contributed by atoms with van der Waals surface area (Å²) >= 11 is 0. The van der Waals surface area contributed by atoms with Crippen molar-refractivity contribution < 1.29 is 22.5 Å². The Kier molecular flexibility index (Phi) is 7.41. The number of hydrogen-bond acceptors (Lipinski definition) is 8. The number of aromatic nitrogens is 2. The first-order chi connectivity index (χ1) is 13.3. The van der Waals surface area contributed by atoms with Crippen LogP contribution < -0.4 is 11.1 Å². The molecule has 0 radical (unpaired) electrons. The maximum Gasteiger partial charge on any atom is 0.296 e. The highest BCUT2D eigenvalue weighted by atomic mass is 32.2. The Labute approximate surface area is 163 Å². The van der Waals surface area contributed by atoms with Crippen molar-refractivity contribution in [2.75, 3.05) is 5.75 Å². The summed E-state index contributed by atoms with van der Waals surface area (Å²) in [6.07, 6.45) is 0.766. The molecule has 0 saturated carbocycles. The highest BCUT2D eigenvalue weighted by molar-refractivity contribution is 7.90. The fraction of sp³-hybridized carbons (Fsp3) is 0.444. The van der Waals surface area contributed by atoms with Gasteiger partial charge in [-0.1, -0.05) is 49.3 Å². The van der Waals surface area contributed by atoms with Gasteiger partial charge in [-0.15, -0.1) is 0 Å². The van der Waals surface area contributed by atoms with E-state index in [0.29, 0.717) is 17.8 Å². The van der Waals surface area contributed by atoms with Gasteiger partial charge in [-0.2, -0.15) is 4.98 Å². The van der Waals surface area contributed by atoms with Crippen molar-refractivity contribution in [3.8, 4) is 0 Å². The van der Waals surface area contributed by atoms with Crippen LogP contribution in [0.5, 0.6) is 0 Å². The number of benzene rings is 1. The molecule has 0 fully saturated rings. The van der Waals surface area contributed by atoms with Gasteiger partial charge in [-0.25, -0.2) is 8.42 Å². The van der Waals surface area contributed by atoms with Gasteiger partial charge in [0.1, 0.15) is 0 Å². The summed E-state index contributed by atoms with van der Waals surface area (Å²) in [5, 5.41) is 6.12. The highest BCUT2D eigenvalue weighted by Crippen LogP contribution is 2.08. The van der Waals surface area contributed by atoms with E-state index in [9.17, 15) is 18.0 Å². The number of nitrogens with zero attached hydrogens (tertiary/aromatic N) is 2. The monoisotopic (exact) mass is 408 g/mol. The van der Waals surface area contributed by atoms with Gasteiger partial charge in [0.25, 0.3) is 5.89 Å². The van der Waals surface area contributed by atoms with E-state index in [-0.39, 0.29) is 18.1 Å².